The fraction of sp³-hybridized carbons (Fsp3) is 0.350. The number of aromatic amines is 1. The zero-order chi connectivity index (χ0) is 20.3. The zero-order valence-corrected chi connectivity index (χ0v) is 16.4. The normalized spacial score (nSPS) is 16.2. The molecule has 1 aromatic carbocycles. The molecule has 0 unspecified atom stereocenters. The summed E-state index contributed by atoms with van der Waals surface area (Å²) in [7, 11) is 5.94. The summed E-state index contributed by atoms with van der Waals surface area (Å²) < 4.78 is 8.15. The second kappa shape index (κ2) is 6.48. The van der Waals surface area contributed by atoms with E-state index < -0.39 is 0 Å². The summed E-state index contributed by atoms with van der Waals surface area (Å²) in [6.45, 7) is 5.57. The molecular weight excluding hydrogens is 367 g/mol. The van der Waals surface area contributed by atoms with Gasteiger partial charge in [0.1, 0.15) is 11.3 Å². The molecular formula is C20H21BN6O2. The van der Waals surface area contributed by atoms with Gasteiger partial charge in [0.15, 0.2) is 25.1 Å². The summed E-state index contributed by atoms with van der Waals surface area (Å²) in [4.78, 5) is 14.3. The van der Waals surface area contributed by atoms with Crippen molar-refractivity contribution in [3.8, 4) is 11.5 Å². The van der Waals surface area contributed by atoms with Gasteiger partial charge in [-0.1, -0.05) is 11.6 Å². The first kappa shape index (κ1) is 18.0. The Bertz CT molecular complexity index is 1300. The highest BCUT2D eigenvalue weighted by Gasteiger charge is 2.29. The second-order valence-electron chi connectivity index (χ2n) is 7.78. The van der Waals surface area contributed by atoms with Crippen LogP contribution in [0, 0.1) is 13.8 Å². The summed E-state index contributed by atoms with van der Waals surface area (Å²) in [5.74, 6) is 0.899. The first-order chi connectivity index (χ1) is 13.9. The number of hydrogen-bond donors (Lipinski definition) is 2. The summed E-state index contributed by atoms with van der Waals surface area (Å²) >= 11 is 0. The maximum absolute atomic E-state index is 12.5. The van der Waals surface area contributed by atoms with Crippen LogP contribution in [0.2, 0.25) is 0 Å². The number of aryl methyl sites for hydroxylation is 2. The highest BCUT2D eigenvalue weighted by molar-refractivity contribution is 6.04. The van der Waals surface area contributed by atoms with Gasteiger partial charge in [0.2, 0.25) is 0 Å². The lowest BCUT2D eigenvalue weighted by Gasteiger charge is -2.30. The maximum Gasteiger partial charge on any atom is 0.292 e. The van der Waals surface area contributed by atoms with Crippen molar-refractivity contribution in [2.75, 3.05) is 18.8 Å². The number of nitrogens with zero attached hydrogens (tertiary/aromatic N) is 4. The van der Waals surface area contributed by atoms with E-state index in [-0.39, 0.29) is 22.9 Å². The highest BCUT2D eigenvalue weighted by Crippen LogP contribution is 2.40. The third-order valence-electron chi connectivity index (χ3n) is 5.81. The number of benzene rings is 1. The molecule has 29 heavy (non-hydrogen) atoms. The molecule has 3 aromatic heterocycles. The van der Waals surface area contributed by atoms with Crippen LogP contribution < -0.4 is 11.3 Å². The van der Waals surface area contributed by atoms with Gasteiger partial charge in [-0.25, -0.2) is 5.10 Å². The van der Waals surface area contributed by atoms with Crippen molar-refractivity contribution in [3.05, 3.63) is 39.7 Å². The number of nitrogen functional groups attached to an aromatic ring is 1. The van der Waals surface area contributed by atoms with Crippen LogP contribution >= 0.6 is 0 Å². The van der Waals surface area contributed by atoms with Crippen molar-refractivity contribution in [2.45, 2.75) is 32.7 Å². The summed E-state index contributed by atoms with van der Waals surface area (Å²) in [6, 6.07) is 6.17. The lowest BCUT2D eigenvalue weighted by Crippen LogP contribution is -2.33. The fourth-order valence-corrected chi connectivity index (χ4v) is 4.23. The summed E-state index contributed by atoms with van der Waals surface area (Å²) in [6.07, 6.45) is 1.64. The van der Waals surface area contributed by atoms with Gasteiger partial charge in [-0.05, 0) is 51.9 Å². The minimum Gasteiger partial charge on any atom is -0.454 e. The largest absolute Gasteiger partial charge is 0.454 e. The van der Waals surface area contributed by atoms with E-state index in [2.05, 4.69) is 21.4 Å². The third kappa shape index (κ3) is 2.76. The van der Waals surface area contributed by atoms with E-state index in [0.29, 0.717) is 16.8 Å². The average molecular weight is 388 g/mol. The number of H-pyrrole nitrogens is 1. The third-order valence-corrected chi connectivity index (χ3v) is 5.81. The Hall–Kier alpha value is -3.07. The molecule has 0 spiro atoms. The minimum atomic E-state index is -0.366. The van der Waals surface area contributed by atoms with Crippen LogP contribution in [0.4, 0.5) is 5.82 Å². The lowest BCUT2D eigenvalue weighted by molar-refractivity contribution is 0.270. The van der Waals surface area contributed by atoms with Crippen LogP contribution in [0.25, 0.3) is 33.3 Å². The Kier molecular flexibility index (Phi) is 4.02. The van der Waals surface area contributed by atoms with Gasteiger partial charge in [-0.3, -0.25) is 9.48 Å². The van der Waals surface area contributed by atoms with Gasteiger partial charge in [-0.2, -0.15) is 10.2 Å². The molecule has 1 saturated heterocycles. The zero-order valence-electron chi connectivity index (χ0n) is 16.4. The van der Waals surface area contributed by atoms with Crippen molar-refractivity contribution < 1.29 is 4.42 Å². The Morgan fingerprint density at radius 1 is 1.28 bits per heavy atom. The molecule has 146 valence electrons. The minimum absolute atomic E-state index is 0.0883. The molecule has 4 heterocycles. The number of rotatable bonds is 2. The molecule has 0 saturated carbocycles. The first-order valence-electron chi connectivity index (χ1n) is 9.70. The molecule has 9 heteroatoms. The predicted octanol–water partition coefficient (Wildman–Crippen LogP) is 2.45. The van der Waals surface area contributed by atoms with Crippen molar-refractivity contribution in [1.29, 1.82) is 0 Å². The molecule has 1 aliphatic rings. The second-order valence-corrected chi connectivity index (χ2v) is 7.78. The molecule has 0 aliphatic carbocycles. The Morgan fingerprint density at radius 3 is 2.79 bits per heavy atom. The van der Waals surface area contributed by atoms with Gasteiger partial charge in [0, 0.05) is 10.9 Å². The van der Waals surface area contributed by atoms with Crippen LogP contribution in [0.5, 0.6) is 0 Å². The highest BCUT2D eigenvalue weighted by atomic mass is 16.3. The molecule has 0 amide bonds. The van der Waals surface area contributed by atoms with Gasteiger partial charge in [0.25, 0.3) is 5.56 Å². The van der Waals surface area contributed by atoms with E-state index in [4.69, 9.17) is 18.1 Å². The van der Waals surface area contributed by atoms with E-state index >= 15 is 0 Å². The monoisotopic (exact) mass is 388 g/mol. The Labute approximate surface area is 168 Å². The van der Waals surface area contributed by atoms with Gasteiger partial charge >= 0.3 is 0 Å². The number of nitrogens with one attached hydrogen (secondary N) is 1. The number of fused-ring (bicyclic) bond motifs is 2. The molecule has 1 aliphatic heterocycles. The Morgan fingerprint density at radius 2 is 2.03 bits per heavy atom. The average Bonchev–Trinajstić information content (AvgIpc) is 3.25. The van der Waals surface area contributed by atoms with Crippen molar-refractivity contribution in [1.82, 2.24) is 24.8 Å². The number of hydrogen-bond acceptors (Lipinski definition) is 6. The van der Waals surface area contributed by atoms with Crippen LogP contribution in [0.3, 0.4) is 0 Å². The summed E-state index contributed by atoms with van der Waals surface area (Å²) in [5, 5.41) is 12.6. The molecule has 2 radical (unpaired) electrons. The topological polar surface area (TPSA) is 106 Å². The van der Waals surface area contributed by atoms with E-state index in [1.165, 1.54) is 0 Å². The Balaban J connectivity index is 1.82. The van der Waals surface area contributed by atoms with Crippen molar-refractivity contribution in [2.24, 2.45) is 0 Å². The van der Waals surface area contributed by atoms with Crippen LogP contribution in [0.15, 0.2) is 27.4 Å². The van der Waals surface area contributed by atoms with Crippen molar-refractivity contribution in [3.63, 3.8) is 0 Å². The van der Waals surface area contributed by atoms with E-state index in [9.17, 15) is 4.79 Å². The lowest BCUT2D eigenvalue weighted by atomic mass is 10.0. The number of aromatic nitrogens is 4. The maximum atomic E-state index is 12.5. The quantitative estimate of drug-likeness (QED) is 0.511. The van der Waals surface area contributed by atoms with Crippen LogP contribution in [-0.4, -0.2) is 45.9 Å². The van der Waals surface area contributed by atoms with Crippen LogP contribution in [-0.2, 0) is 0 Å². The van der Waals surface area contributed by atoms with E-state index in [1.807, 2.05) is 30.7 Å². The standard InChI is InChI=1S/C20H21BN6O2/c1-10-3-4-14-13(9-10)11(2)18(29-14)17-15-16(20(28)24-23-19(15)22)25-27(17)12-5-7-26(21)8-6-12/h3-4,9,12H,5-8H2,1-2H3,(H2,22,23)(H,24,28). The smallest absolute Gasteiger partial charge is 0.292 e. The molecule has 4 aromatic rings. The first-order valence-corrected chi connectivity index (χ1v) is 9.70. The number of nitrogens with two attached hydrogens (primary N) is 1. The number of furan rings is 1. The van der Waals surface area contributed by atoms with E-state index in [0.717, 1.165) is 48.0 Å². The number of anilines is 1. The van der Waals surface area contributed by atoms with Gasteiger partial charge < -0.3 is 15.0 Å². The van der Waals surface area contributed by atoms with Crippen LogP contribution in [0.1, 0.15) is 30.0 Å². The van der Waals surface area contributed by atoms with Gasteiger partial charge in [-0.15, -0.1) is 0 Å². The molecule has 1 fully saturated rings. The molecule has 0 bridgehead atoms. The molecule has 5 rings (SSSR count). The fourth-order valence-electron chi connectivity index (χ4n) is 4.23. The van der Waals surface area contributed by atoms with Gasteiger partial charge in [0.05, 0.1) is 11.4 Å². The number of piperidine rings is 1. The molecule has 8 nitrogen and oxygen atoms in total. The SMILES string of the molecule is [B]N1CCC(n2nc3c(=O)[nH]nc(N)c3c2-c2oc3ccc(C)cc3c2C)CC1. The molecule has 3 N–H and O–H groups in total. The van der Waals surface area contributed by atoms with Crippen molar-refractivity contribution >= 4 is 35.7 Å². The predicted molar refractivity (Wildman–Crippen MR) is 113 cm³/mol. The summed E-state index contributed by atoms with van der Waals surface area (Å²) in [5.41, 5.74) is 9.74. The molecule has 0 atom stereocenters. The van der Waals surface area contributed by atoms with E-state index in [1.54, 1.807) is 4.81 Å².